The van der Waals surface area contributed by atoms with Crippen molar-refractivity contribution in [1.29, 1.82) is 0 Å². The maximum absolute atomic E-state index is 12.8. The van der Waals surface area contributed by atoms with Gasteiger partial charge < -0.3 is 14.8 Å². The van der Waals surface area contributed by atoms with Crippen LogP contribution in [0, 0.1) is 13.8 Å². The quantitative estimate of drug-likeness (QED) is 0.303. The molecule has 3 amide bonds. The minimum atomic E-state index is -0.355. The molecule has 0 radical (unpaired) electrons. The zero-order valence-corrected chi connectivity index (χ0v) is 22.7. The summed E-state index contributed by atoms with van der Waals surface area (Å²) >= 11 is 4.35. The molecule has 0 saturated carbocycles. The maximum Gasteiger partial charge on any atom is 0.293 e. The van der Waals surface area contributed by atoms with Gasteiger partial charge in [0.15, 0.2) is 6.61 Å². The van der Waals surface area contributed by atoms with E-state index in [1.54, 1.807) is 24.3 Å². The molecule has 1 aliphatic rings. The Bertz CT molecular complexity index is 1370. The Morgan fingerprint density at radius 3 is 2.49 bits per heavy atom. The van der Waals surface area contributed by atoms with Gasteiger partial charge in [-0.3, -0.25) is 19.3 Å². The second-order valence-electron chi connectivity index (χ2n) is 8.39. The SMILES string of the molecule is Cc1cccc(NC(=O)COc2ccc(/C=C3\SC(=O)N(CCOc4cccc(C)c4)C3=O)cc2Br)c1. The number of carbonyl (C=O) groups excluding carboxylic acids is 3. The predicted molar refractivity (Wildman–Crippen MR) is 149 cm³/mol. The molecular formula is C28H25BrN2O5S. The van der Waals surface area contributed by atoms with Crippen molar-refractivity contribution in [2.75, 3.05) is 25.1 Å². The minimum Gasteiger partial charge on any atom is -0.492 e. The van der Waals surface area contributed by atoms with E-state index >= 15 is 0 Å². The van der Waals surface area contributed by atoms with E-state index < -0.39 is 0 Å². The highest BCUT2D eigenvalue weighted by Crippen LogP contribution is 2.34. The summed E-state index contributed by atoms with van der Waals surface area (Å²) < 4.78 is 11.9. The van der Waals surface area contributed by atoms with E-state index in [1.165, 1.54) is 4.90 Å². The number of thioether (sulfide) groups is 1. The molecule has 0 aliphatic carbocycles. The second kappa shape index (κ2) is 12.1. The zero-order valence-electron chi connectivity index (χ0n) is 20.3. The summed E-state index contributed by atoms with van der Waals surface area (Å²) in [4.78, 5) is 38.9. The number of carbonyl (C=O) groups is 3. The van der Waals surface area contributed by atoms with Crippen LogP contribution in [0.3, 0.4) is 0 Å². The molecule has 3 aromatic rings. The highest BCUT2D eigenvalue weighted by atomic mass is 79.9. The van der Waals surface area contributed by atoms with Gasteiger partial charge in [-0.1, -0.05) is 30.3 Å². The molecule has 9 heteroatoms. The highest BCUT2D eigenvalue weighted by molar-refractivity contribution is 9.10. The first-order chi connectivity index (χ1) is 17.8. The molecule has 1 aliphatic heterocycles. The molecule has 0 atom stereocenters. The number of imide groups is 1. The zero-order chi connectivity index (χ0) is 26.4. The number of hydrogen-bond donors (Lipinski definition) is 1. The lowest BCUT2D eigenvalue weighted by molar-refractivity contribution is -0.123. The normalized spacial score (nSPS) is 14.2. The van der Waals surface area contributed by atoms with E-state index in [0.717, 1.165) is 22.9 Å². The van der Waals surface area contributed by atoms with Crippen LogP contribution in [0.1, 0.15) is 16.7 Å². The fourth-order valence-electron chi connectivity index (χ4n) is 3.59. The molecule has 7 nitrogen and oxygen atoms in total. The predicted octanol–water partition coefficient (Wildman–Crippen LogP) is 6.20. The van der Waals surface area contributed by atoms with Gasteiger partial charge in [-0.15, -0.1) is 0 Å². The van der Waals surface area contributed by atoms with Crippen LogP contribution in [-0.2, 0) is 9.59 Å². The van der Waals surface area contributed by atoms with Crippen LogP contribution in [-0.4, -0.2) is 41.7 Å². The third-order valence-corrected chi connectivity index (χ3v) is 6.89. The van der Waals surface area contributed by atoms with Gasteiger partial charge in [0, 0.05) is 5.69 Å². The van der Waals surface area contributed by atoms with E-state index in [-0.39, 0.29) is 36.8 Å². The van der Waals surface area contributed by atoms with Crippen LogP contribution in [0.4, 0.5) is 10.5 Å². The van der Waals surface area contributed by atoms with E-state index in [9.17, 15) is 14.4 Å². The fraction of sp³-hybridized carbons (Fsp3) is 0.179. The molecule has 1 heterocycles. The number of nitrogens with one attached hydrogen (secondary N) is 1. The second-order valence-corrected chi connectivity index (χ2v) is 10.2. The largest absolute Gasteiger partial charge is 0.492 e. The van der Waals surface area contributed by atoms with Crippen LogP contribution >= 0.6 is 27.7 Å². The summed E-state index contributed by atoms with van der Waals surface area (Å²) in [5.74, 6) is 0.550. The standard InChI is InChI=1S/C28H25BrN2O5S/c1-18-5-3-7-21(13-18)30-26(32)17-36-24-10-9-20(15-23(24)29)16-25-27(33)31(28(34)37-25)11-12-35-22-8-4-6-19(2)14-22/h3-10,13-16H,11-12,17H2,1-2H3,(H,30,32)/b25-16-. The average molecular weight is 581 g/mol. The number of ether oxygens (including phenoxy) is 2. The maximum atomic E-state index is 12.8. The van der Waals surface area contributed by atoms with E-state index in [2.05, 4.69) is 21.2 Å². The van der Waals surface area contributed by atoms with Gasteiger partial charge in [0.1, 0.15) is 18.1 Å². The van der Waals surface area contributed by atoms with Gasteiger partial charge in [0.05, 0.1) is 15.9 Å². The van der Waals surface area contributed by atoms with E-state index in [1.807, 2.05) is 62.4 Å². The van der Waals surface area contributed by atoms with Crippen LogP contribution in [0.5, 0.6) is 11.5 Å². The van der Waals surface area contributed by atoms with Gasteiger partial charge in [0.25, 0.3) is 17.1 Å². The highest BCUT2D eigenvalue weighted by Gasteiger charge is 2.34. The smallest absolute Gasteiger partial charge is 0.293 e. The number of rotatable bonds is 9. The van der Waals surface area contributed by atoms with Crippen molar-refractivity contribution < 1.29 is 23.9 Å². The molecule has 0 bridgehead atoms. The van der Waals surface area contributed by atoms with Crippen LogP contribution in [0.2, 0.25) is 0 Å². The summed E-state index contributed by atoms with van der Waals surface area (Å²) in [5, 5.41) is 2.47. The third-order valence-electron chi connectivity index (χ3n) is 5.36. The monoisotopic (exact) mass is 580 g/mol. The van der Waals surface area contributed by atoms with E-state index in [0.29, 0.717) is 32.1 Å². The van der Waals surface area contributed by atoms with Gasteiger partial charge >= 0.3 is 0 Å². The van der Waals surface area contributed by atoms with Crippen molar-refractivity contribution in [3.8, 4) is 11.5 Å². The summed E-state index contributed by atoms with van der Waals surface area (Å²) in [5.41, 5.74) is 3.54. The Kier molecular flexibility index (Phi) is 8.68. The first-order valence-corrected chi connectivity index (χ1v) is 13.1. The minimum absolute atomic E-state index is 0.157. The van der Waals surface area contributed by atoms with Crippen molar-refractivity contribution in [1.82, 2.24) is 4.90 Å². The molecule has 0 spiro atoms. The molecule has 4 rings (SSSR count). The van der Waals surface area contributed by atoms with Gasteiger partial charge in [-0.2, -0.15) is 0 Å². The number of hydrogen-bond acceptors (Lipinski definition) is 6. The number of aryl methyl sites for hydroxylation is 2. The van der Waals surface area contributed by atoms with Gasteiger partial charge in [0.2, 0.25) is 0 Å². The molecule has 3 aromatic carbocycles. The number of nitrogens with zero attached hydrogens (tertiary/aromatic N) is 1. The molecule has 0 aromatic heterocycles. The molecule has 1 fully saturated rings. The third kappa shape index (κ3) is 7.24. The van der Waals surface area contributed by atoms with Crippen molar-refractivity contribution in [3.63, 3.8) is 0 Å². The number of anilines is 1. The van der Waals surface area contributed by atoms with Crippen molar-refractivity contribution >= 4 is 56.5 Å². The lowest BCUT2D eigenvalue weighted by Gasteiger charge is -2.13. The molecule has 1 saturated heterocycles. The van der Waals surface area contributed by atoms with Crippen molar-refractivity contribution in [2.24, 2.45) is 0 Å². The topological polar surface area (TPSA) is 84.9 Å². The van der Waals surface area contributed by atoms with Gasteiger partial charge in [-0.25, -0.2) is 0 Å². The molecule has 190 valence electrons. The van der Waals surface area contributed by atoms with Crippen molar-refractivity contribution in [2.45, 2.75) is 13.8 Å². The first-order valence-electron chi connectivity index (χ1n) is 11.5. The Morgan fingerprint density at radius 1 is 1.00 bits per heavy atom. The summed E-state index contributed by atoms with van der Waals surface area (Å²) in [7, 11) is 0. The van der Waals surface area contributed by atoms with Gasteiger partial charge in [-0.05, 0) is 101 Å². The van der Waals surface area contributed by atoms with E-state index in [4.69, 9.17) is 9.47 Å². The molecule has 37 heavy (non-hydrogen) atoms. The summed E-state index contributed by atoms with van der Waals surface area (Å²) in [6.45, 7) is 4.14. The van der Waals surface area contributed by atoms with Crippen LogP contribution in [0.15, 0.2) is 76.1 Å². The number of halogens is 1. The Balaban J connectivity index is 1.32. The lowest BCUT2D eigenvalue weighted by atomic mass is 10.2. The fourth-order valence-corrected chi connectivity index (χ4v) is 4.97. The molecule has 1 N–H and O–H groups in total. The average Bonchev–Trinajstić information content (AvgIpc) is 3.11. The Labute approximate surface area is 228 Å². The van der Waals surface area contributed by atoms with Crippen LogP contribution < -0.4 is 14.8 Å². The Hall–Kier alpha value is -3.56. The van der Waals surface area contributed by atoms with Crippen molar-refractivity contribution in [3.05, 3.63) is 92.8 Å². The summed E-state index contributed by atoms with van der Waals surface area (Å²) in [6.07, 6.45) is 1.66. The number of benzene rings is 3. The number of amides is 3. The Morgan fingerprint density at radius 2 is 1.76 bits per heavy atom. The molecule has 0 unspecified atom stereocenters. The van der Waals surface area contributed by atoms with Crippen LogP contribution in [0.25, 0.3) is 6.08 Å². The molecular weight excluding hydrogens is 556 g/mol. The first kappa shape index (κ1) is 26.5. The lowest BCUT2D eigenvalue weighted by Crippen LogP contribution is -2.32. The summed E-state index contributed by atoms with van der Waals surface area (Å²) in [6, 6.07) is 20.3.